The SMILES string of the molecule is COc1cc(-c2cc(CN(CC(C)C)C(=O)c3cccc(F)c3)no2)cc(OC)c1OC. The number of methoxy groups -OCH3 is 3. The number of nitrogens with zero attached hydrogens (tertiary/aromatic N) is 2. The van der Waals surface area contributed by atoms with E-state index in [0.717, 1.165) is 0 Å². The smallest absolute Gasteiger partial charge is 0.254 e. The highest BCUT2D eigenvalue weighted by Gasteiger charge is 2.21. The van der Waals surface area contributed by atoms with Crippen LogP contribution in [0.3, 0.4) is 0 Å². The summed E-state index contributed by atoms with van der Waals surface area (Å²) < 4.78 is 35.3. The van der Waals surface area contributed by atoms with Crippen LogP contribution >= 0.6 is 0 Å². The van der Waals surface area contributed by atoms with Gasteiger partial charge in [0.25, 0.3) is 5.91 Å². The van der Waals surface area contributed by atoms with Gasteiger partial charge in [-0.25, -0.2) is 4.39 Å². The Balaban J connectivity index is 1.88. The van der Waals surface area contributed by atoms with E-state index in [9.17, 15) is 9.18 Å². The molecule has 0 aliphatic heterocycles. The topological polar surface area (TPSA) is 74.0 Å². The van der Waals surface area contributed by atoms with E-state index in [0.29, 0.717) is 46.4 Å². The first-order chi connectivity index (χ1) is 15.4. The zero-order valence-electron chi connectivity index (χ0n) is 18.8. The lowest BCUT2D eigenvalue weighted by molar-refractivity contribution is 0.0718. The molecule has 8 heteroatoms. The van der Waals surface area contributed by atoms with E-state index in [-0.39, 0.29) is 18.4 Å². The first-order valence-electron chi connectivity index (χ1n) is 10.2. The predicted octanol–water partition coefficient (Wildman–Crippen LogP) is 4.80. The Kier molecular flexibility index (Phi) is 7.35. The van der Waals surface area contributed by atoms with E-state index < -0.39 is 5.82 Å². The van der Waals surface area contributed by atoms with Gasteiger partial charge in [-0.15, -0.1) is 0 Å². The summed E-state index contributed by atoms with van der Waals surface area (Å²) in [4.78, 5) is 14.6. The Labute approximate surface area is 186 Å². The quantitative estimate of drug-likeness (QED) is 0.474. The highest BCUT2D eigenvalue weighted by Crippen LogP contribution is 2.41. The van der Waals surface area contributed by atoms with Crippen LogP contribution in [-0.4, -0.2) is 43.8 Å². The van der Waals surface area contributed by atoms with Crippen LogP contribution in [0.25, 0.3) is 11.3 Å². The molecule has 0 aliphatic carbocycles. The number of carbonyl (C=O) groups is 1. The molecule has 0 saturated carbocycles. The van der Waals surface area contributed by atoms with Crippen molar-refractivity contribution in [3.8, 4) is 28.6 Å². The largest absolute Gasteiger partial charge is 0.493 e. The van der Waals surface area contributed by atoms with Gasteiger partial charge in [-0.2, -0.15) is 0 Å². The van der Waals surface area contributed by atoms with Gasteiger partial charge in [0, 0.05) is 23.7 Å². The van der Waals surface area contributed by atoms with Crippen LogP contribution in [0.2, 0.25) is 0 Å². The third-order valence-corrected chi connectivity index (χ3v) is 4.81. The van der Waals surface area contributed by atoms with Crippen LogP contribution in [0.15, 0.2) is 47.0 Å². The van der Waals surface area contributed by atoms with Gasteiger partial charge in [0.2, 0.25) is 5.75 Å². The summed E-state index contributed by atoms with van der Waals surface area (Å²) in [7, 11) is 4.61. The van der Waals surface area contributed by atoms with Crippen LogP contribution in [0.5, 0.6) is 17.2 Å². The minimum atomic E-state index is -0.452. The average Bonchev–Trinajstić information content (AvgIpc) is 3.25. The normalized spacial score (nSPS) is 10.8. The second-order valence-corrected chi connectivity index (χ2v) is 7.69. The lowest BCUT2D eigenvalue weighted by Gasteiger charge is -2.23. The minimum absolute atomic E-state index is 0.217. The van der Waals surface area contributed by atoms with E-state index >= 15 is 0 Å². The Morgan fingerprint density at radius 2 is 1.75 bits per heavy atom. The number of halogens is 1. The molecule has 1 amide bonds. The average molecular weight is 442 g/mol. The lowest BCUT2D eigenvalue weighted by atomic mass is 10.1. The maximum Gasteiger partial charge on any atom is 0.254 e. The summed E-state index contributed by atoms with van der Waals surface area (Å²) in [5.41, 5.74) is 1.54. The van der Waals surface area contributed by atoms with Crippen molar-refractivity contribution in [3.05, 3.63) is 59.5 Å². The summed E-state index contributed by atoms with van der Waals surface area (Å²) >= 11 is 0. The van der Waals surface area contributed by atoms with Crippen molar-refractivity contribution in [2.75, 3.05) is 27.9 Å². The van der Waals surface area contributed by atoms with Gasteiger partial charge in [0.15, 0.2) is 17.3 Å². The molecule has 0 N–H and O–H groups in total. The molecule has 2 aromatic carbocycles. The van der Waals surface area contributed by atoms with E-state index in [1.165, 1.54) is 39.5 Å². The fourth-order valence-corrected chi connectivity index (χ4v) is 3.41. The molecule has 1 aromatic heterocycles. The molecule has 32 heavy (non-hydrogen) atoms. The van der Waals surface area contributed by atoms with Gasteiger partial charge in [0.1, 0.15) is 11.5 Å². The van der Waals surface area contributed by atoms with Crippen LogP contribution < -0.4 is 14.2 Å². The molecule has 0 saturated heterocycles. The number of carbonyl (C=O) groups excluding carboxylic acids is 1. The second kappa shape index (κ2) is 10.2. The zero-order chi connectivity index (χ0) is 23.3. The van der Waals surface area contributed by atoms with Crippen LogP contribution in [0.4, 0.5) is 4.39 Å². The number of hydrogen-bond donors (Lipinski definition) is 0. The number of ether oxygens (including phenoxy) is 3. The van der Waals surface area contributed by atoms with Crippen LogP contribution in [0.1, 0.15) is 29.9 Å². The first-order valence-corrected chi connectivity index (χ1v) is 10.2. The highest BCUT2D eigenvalue weighted by molar-refractivity contribution is 5.94. The maximum atomic E-state index is 13.6. The molecule has 0 fully saturated rings. The van der Waals surface area contributed by atoms with Crippen LogP contribution in [0, 0.1) is 11.7 Å². The molecule has 0 bridgehead atoms. The molecule has 3 aromatic rings. The number of amides is 1. The predicted molar refractivity (Wildman–Crippen MR) is 118 cm³/mol. The van der Waals surface area contributed by atoms with Gasteiger partial charge in [-0.3, -0.25) is 4.79 Å². The van der Waals surface area contributed by atoms with E-state index in [1.807, 2.05) is 13.8 Å². The summed E-state index contributed by atoms with van der Waals surface area (Å²) in [5.74, 6) is 1.44. The third kappa shape index (κ3) is 5.19. The van der Waals surface area contributed by atoms with Crippen molar-refractivity contribution < 1.29 is 27.9 Å². The van der Waals surface area contributed by atoms with Gasteiger partial charge >= 0.3 is 0 Å². The zero-order valence-corrected chi connectivity index (χ0v) is 18.8. The summed E-state index contributed by atoms with van der Waals surface area (Å²) in [6, 6.07) is 10.9. The molecular formula is C24H27FN2O5. The van der Waals surface area contributed by atoms with Gasteiger partial charge in [-0.1, -0.05) is 25.1 Å². The Morgan fingerprint density at radius 1 is 1.06 bits per heavy atom. The summed E-state index contributed by atoms with van der Waals surface area (Å²) in [6.07, 6.45) is 0. The van der Waals surface area contributed by atoms with Crippen molar-refractivity contribution in [2.45, 2.75) is 20.4 Å². The monoisotopic (exact) mass is 442 g/mol. The molecule has 1 heterocycles. The number of benzene rings is 2. The number of rotatable bonds is 9. The third-order valence-electron chi connectivity index (χ3n) is 4.81. The molecule has 0 spiro atoms. The molecular weight excluding hydrogens is 415 g/mol. The molecule has 0 unspecified atom stereocenters. The standard InChI is InChI=1S/C24H27FN2O5/c1-15(2)13-27(24(28)16-7-6-8-18(25)9-16)14-19-12-20(32-26-19)17-10-21(29-3)23(31-5)22(11-17)30-4/h6-12,15H,13-14H2,1-5H3. The summed E-state index contributed by atoms with van der Waals surface area (Å²) in [6.45, 7) is 4.73. The van der Waals surface area contributed by atoms with E-state index in [4.69, 9.17) is 18.7 Å². The Morgan fingerprint density at radius 3 is 2.31 bits per heavy atom. The Bertz CT molecular complexity index is 1050. The molecule has 7 nitrogen and oxygen atoms in total. The fourth-order valence-electron chi connectivity index (χ4n) is 3.41. The number of hydrogen-bond acceptors (Lipinski definition) is 6. The first kappa shape index (κ1) is 23.1. The molecule has 0 radical (unpaired) electrons. The Hall–Kier alpha value is -3.55. The molecule has 3 rings (SSSR count). The summed E-state index contributed by atoms with van der Waals surface area (Å²) in [5, 5.41) is 4.13. The van der Waals surface area contributed by atoms with E-state index in [1.54, 1.807) is 29.2 Å². The van der Waals surface area contributed by atoms with Crippen molar-refractivity contribution in [1.82, 2.24) is 10.1 Å². The van der Waals surface area contributed by atoms with Gasteiger partial charge < -0.3 is 23.6 Å². The van der Waals surface area contributed by atoms with Crippen molar-refractivity contribution in [2.24, 2.45) is 5.92 Å². The van der Waals surface area contributed by atoms with Crippen molar-refractivity contribution in [1.29, 1.82) is 0 Å². The fraction of sp³-hybridized carbons (Fsp3) is 0.333. The van der Waals surface area contributed by atoms with Crippen molar-refractivity contribution >= 4 is 5.91 Å². The maximum absolute atomic E-state index is 13.6. The molecule has 170 valence electrons. The van der Waals surface area contributed by atoms with Gasteiger partial charge in [0.05, 0.1) is 27.9 Å². The minimum Gasteiger partial charge on any atom is -0.493 e. The molecule has 0 atom stereocenters. The van der Waals surface area contributed by atoms with Gasteiger partial charge in [-0.05, 0) is 36.2 Å². The van der Waals surface area contributed by atoms with Crippen molar-refractivity contribution in [3.63, 3.8) is 0 Å². The number of aromatic nitrogens is 1. The second-order valence-electron chi connectivity index (χ2n) is 7.69. The lowest BCUT2D eigenvalue weighted by Crippen LogP contribution is -2.33. The van der Waals surface area contributed by atoms with E-state index in [2.05, 4.69) is 5.16 Å². The highest BCUT2D eigenvalue weighted by atomic mass is 19.1. The molecule has 0 aliphatic rings. The van der Waals surface area contributed by atoms with Crippen LogP contribution in [-0.2, 0) is 6.54 Å².